The number of carbonyl (C=O) groups excluding carboxylic acids is 1. The molecule has 0 spiro atoms. The van der Waals surface area contributed by atoms with Gasteiger partial charge in [0.2, 0.25) is 5.91 Å². The number of benzene rings is 2. The van der Waals surface area contributed by atoms with E-state index in [4.69, 9.17) is 11.6 Å². The fourth-order valence-corrected chi connectivity index (χ4v) is 3.37. The molecule has 1 aromatic heterocycles. The first-order valence-corrected chi connectivity index (χ1v) is 9.36. The molecule has 1 heterocycles. The van der Waals surface area contributed by atoms with E-state index < -0.39 is 0 Å². The van der Waals surface area contributed by atoms with Crippen molar-refractivity contribution in [2.45, 2.75) is 32.7 Å². The highest BCUT2D eigenvalue weighted by Crippen LogP contribution is 2.29. The number of aromatic nitrogens is 3. The van der Waals surface area contributed by atoms with E-state index >= 15 is 0 Å². The van der Waals surface area contributed by atoms with Crippen LogP contribution in [0, 0.1) is 13.8 Å². The van der Waals surface area contributed by atoms with Gasteiger partial charge in [-0.1, -0.05) is 54.1 Å². The van der Waals surface area contributed by atoms with E-state index in [1.807, 2.05) is 68.4 Å². The minimum atomic E-state index is -0.0414. The Morgan fingerprint density at radius 3 is 2.52 bits per heavy atom. The molecule has 1 N–H and O–H groups in total. The topological polar surface area (TPSA) is 59.8 Å². The van der Waals surface area contributed by atoms with Crippen LogP contribution in [-0.4, -0.2) is 27.2 Å². The van der Waals surface area contributed by atoms with Crippen LogP contribution in [0.2, 0.25) is 5.02 Å². The van der Waals surface area contributed by atoms with Gasteiger partial charge in [-0.2, -0.15) is 5.10 Å². The molecule has 140 valence electrons. The van der Waals surface area contributed by atoms with Gasteiger partial charge in [-0.15, -0.1) is 0 Å². The molecule has 6 heteroatoms. The van der Waals surface area contributed by atoms with Crippen molar-refractivity contribution in [2.24, 2.45) is 0 Å². The van der Waals surface area contributed by atoms with Crippen LogP contribution in [0.4, 0.5) is 0 Å². The highest BCUT2D eigenvalue weighted by molar-refractivity contribution is 6.30. The predicted molar refractivity (Wildman–Crippen MR) is 107 cm³/mol. The number of hydrogen-bond acceptors (Lipinski definition) is 3. The monoisotopic (exact) mass is 382 g/mol. The standard InChI is InChI=1S/C21H23ClN4O/c1-15-24-16(2)26(25-15)12-11-23-21(27)14-20(17-7-4-3-5-8-17)18-9-6-10-19(22)13-18/h3-10,13,20H,11-12,14H2,1-2H3,(H,23,27). The summed E-state index contributed by atoms with van der Waals surface area (Å²) in [6.45, 7) is 4.88. The second-order valence-corrected chi connectivity index (χ2v) is 6.94. The van der Waals surface area contributed by atoms with Crippen molar-refractivity contribution in [3.63, 3.8) is 0 Å². The molecule has 0 bridgehead atoms. The predicted octanol–water partition coefficient (Wildman–Crippen LogP) is 3.89. The molecule has 0 aliphatic rings. The van der Waals surface area contributed by atoms with Crippen LogP contribution in [0.1, 0.15) is 35.1 Å². The number of rotatable bonds is 7. The maximum absolute atomic E-state index is 12.6. The summed E-state index contributed by atoms with van der Waals surface area (Å²) in [6.07, 6.45) is 0.361. The molecule has 3 rings (SSSR count). The Morgan fingerprint density at radius 1 is 1.11 bits per heavy atom. The summed E-state index contributed by atoms with van der Waals surface area (Å²) >= 11 is 6.16. The van der Waals surface area contributed by atoms with E-state index in [2.05, 4.69) is 15.4 Å². The lowest BCUT2D eigenvalue weighted by molar-refractivity contribution is -0.121. The number of halogens is 1. The molecule has 0 fully saturated rings. The van der Waals surface area contributed by atoms with Crippen molar-refractivity contribution in [1.82, 2.24) is 20.1 Å². The number of aryl methyl sites for hydroxylation is 2. The highest BCUT2D eigenvalue weighted by atomic mass is 35.5. The SMILES string of the molecule is Cc1nc(C)n(CCNC(=O)CC(c2ccccc2)c2cccc(Cl)c2)n1. The number of carbonyl (C=O) groups is 1. The first kappa shape index (κ1) is 19.1. The van der Waals surface area contributed by atoms with Gasteiger partial charge in [0.15, 0.2) is 0 Å². The van der Waals surface area contributed by atoms with Gasteiger partial charge in [-0.25, -0.2) is 9.67 Å². The largest absolute Gasteiger partial charge is 0.354 e. The first-order valence-electron chi connectivity index (χ1n) is 8.98. The Morgan fingerprint density at radius 2 is 1.85 bits per heavy atom. The van der Waals surface area contributed by atoms with E-state index in [1.54, 1.807) is 4.68 Å². The summed E-state index contributed by atoms with van der Waals surface area (Å²) in [5.41, 5.74) is 2.13. The second-order valence-electron chi connectivity index (χ2n) is 6.50. The van der Waals surface area contributed by atoms with Crippen LogP contribution in [0.25, 0.3) is 0 Å². The third-order valence-corrected chi connectivity index (χ3v) is 4.69. The quantitative estimate of drug-likeness (QED) is 0.674. The lowest BCUT2D eigenvalue weighted by Gasteiger charge is -2.18. The normalized spacial score (nSPS) is 12.0. The third kappa shape index (κ3) is 5.17. The van der Waals surface area contributed by atoms with Crippen molar-refractivity contribution in [3.05, 3.63) is 82.4 Å². The van der Waals surface area contributed by atoms with Crippen LogP contribution >= 0.6 is 11.6 Å². The van der Waals surface area contributed by atoms with E-state index in [9.17, 15) is 4.79 Å². The highest BCUT2D eigenvalue weighted by Gasteiger charge is 2.18. The average Bonchev–Trinajstić information content (AvgIpc) is 2.97. The third-order valence-electron chi connectivity index (χ3n) is 4.45. The molecule has 0 saturated heterocycles. The van der Waals surface area contributed by atoms with Crippen LogP contribution in [0.5, 0.6) is 0 Å². The molecular weight excluding hydrogens is 360 g/mol. The van der Waals surface area contributed by atoms with Gasteiger partial charge in [0.25, 0.3) is 0 Å². The summed E-state index contributed by atoms with van der Waals surface area (Å²) < 4.78 is 1.81. The summed E-state index contributed by atoms with van der Waals surface area (Å²) in [7, 11) is 0. The number of nitrogens with zero attached hydrogens (tertiary/aromatic N) is 3. The van der Waals surface area contributed by atoms with Crippen LogP contribution in [0.3, 0.4) is 0 Å². The number of nitrogens with one attached hydrogen (secondary N) is 1. The van der Waals surface area contributed by atoms with E-state index in [0.717, 1.165) is 22.8 Å². The molecule has 0 radical (unpaired) electrons. The van der Waals surface area contributed by atoms with Gasteiger partial charge >= 0.3 is 0 Å². The zero-order valence-electron chi connectivity index (χ0n) is 15.5. The second kappa shape index (κ2) is 8.82. The zero-order valence-corrected chi connectivity index (χ0v) is 16.3. The van der Waals surface area contributed by atoms with E-state index in [0.29, 0.717) is 24.5 Å². The molecule has 1 atom stereocenters. The maximum atomic E-state index is 12.6. The lowest BCUT2D eigenvalue weighted by atomic mass is 9.88. The Labute approximate surface area is 164 Å². The molecule has 2 aromatic carbocycles. The summed E-state index contributed by atoms with van der Waals surface area (Å²) in [4.78, 5) is 16.8. The van der Waals surface area contributed by atoms with Crippen molar-refractivity contribution < 1.29 is 4.79 Å². The molecule has 3 aromatic rings. The molecule has 27 heavy (non-hydrogen) atoms. The summed E-state index contributed by atoms with van der Waals surface area (Å²) in [6, 6.07) is 17.7. The first-order chi connectivity index (χ1) is 13.0. The van der Waals surface area contributed by atoms with E-state index in [-0.39, 0.29) is 11.8 Å². The van der Waals surface area contributed by atoms with Crippen molar-refractivity contribution >= 4 is 17.5 Å². The average molecular weight is 383 g/mol. The fraction of sp³-hybridized carbons (Fsp3) is 0.286. The van der Waals surface area contributed by atoms with Gasteiger partial charge in [0.05, 0.1) is 6.54 Å². The van der Waals surface area contributed by atoms with Crippen molar-refractivity contribution in [2.75, 3.05) is 6.54 Å². The Bertz CT molecular complexity index is 908. The molecule has 5 nitrogen and oxygen atoms in total. The number of amides is 1. The van der Waals surface area contributed by atoms with Crippen LogP contribution in [-0.2, 0) is 11.3 Å². The summed E-state index contributed by atoms with van der Waals surface area (Å²) in [5, 5.41) is 7.98. The van der Waals surface area contributed by atoms with E-state index in [1.165, 1.54) is 0 Å². The summed E-state index contributed by atoms with van der Waals surface area (Å²) in [5.74, 6) is 1.55. The fourth-order valence-electron chi connectivity index (χ4n) is 3.17. The van der Waals surface area contributed by atoms with Gasteiger partial charge in [0, 0.05) is 23.9 Å². The zero-order chi connectivity index (χ0) is 19.2. The van der Waals surface area contributed by atoms with Gasteiger partial charge in [-0.05, 0) is 37.1 Å². The number of hydrogen-bond donors (Lipinski definition) is 1. The van der Waals surface area contributed by atoms with Crippen LogP contribution in [0.15, 0.2) is 54.6 Å². The molecule has 1 unspecified atom stereocenters. The van der Waals surface area contributed by atoms with Crippen molar-refractivity contribution in [1.29, 1.82) is 0 Å². The lowest BCUT2D eigenvalue weighted by Crippen LogP contribution is -2.29. The Kier molecular flexibility index (Phi) is 6.24. The van der Waals surface area contributed by atoms with Crippen LogP contribution < -0.4 is 5.32 Å². The molecule has 0 aliphatic heterocycles. The molecule has 0 aliphatic carbocycles. The Balaban J connectivity index is 1.66. The molecular formula is C21H23ClN4O. The van der Waals surface area contributed by atoms with Crippen molar-refractivity contribution in [3.8, 4) is 0 Å². The smallest absolute Gasteiger partial charge is 0.221 e. The van der Waals surface area contributed by atoms with Gasteiger partial charge < -0.3 is 5.32 Å². The molecule has 0 saturated carbocycles. The minimum Gasteiger partial charge on any atom is -0.354 e. The minimum absolute atomic E-state index is 0.00156. The maximum Gasteiger partial charge on any atom is 0.221 e. The van der Waals surface area contributed by atoms with Gasteiger partial charge in [-0.3, -0.25) is 4.79 Å². The molecule has 1 amide bonds. The van der Waals surface area contributed by atoms with Gasteiger partial charge in [0.1, 0.15) is 11.6 Å². The Hall–Kier alpha value is -2.66.